The molecule has 12 heavy (non-hydrogen) atoms. The monoisotopic (exact) mass is 165 g/mol. The Morgan fingerprint density at radius 2 is 2.17 bits per heavy atom. The highest BCUT2D eigenvalue weighted by atomic mass is 19.1. The summed E-state index contributed by atoms with van der Waals surface area (Å²) in [5.74, 6) is 0. The molecule has 1 atom stereocenters. The molecule has 1 aliphatic rings. The first-order valence-corrected chi connectivity index (χ1v) is 4.14. The second-order valence-corrected chi connectivity index (χ2v) is 3.75. The van der Waals surface area contributed by atoms with Crippen molar-refractivity contribution < 1.29 is 4.39 Å². The van der Waals surface area contributed by atoms with Crippen LogP contribution in [0.4, 0.5) is 10.1 Å². The van der Waals surface area contributed by atoms with Crippen LogP contribution in [-0.4, -0.2) is 5.67 Å². The lowest BCUT2D eigenvalue weighted by atomic mass is 10.1. The number of benzene rings is 1. The molecule has 1 nitrogen and oxygen atoms in total. The summed E-state index contributed by atoms with van der Waals surface area (Å²) in [5.41, 5.74) is 7.44. The predicted molar refractivity (Wildman–Crippen MR) is 47.8 cm³/mol. The van der Waals surface area contributed by atoms with Gasteiger partial charge >= 0.3 is 0 Å². The molecule has 1 aromatic rings. The van der Waals surface area contributed by atoms with E-state index >= 15 is 0 Å². The van der Waals surface area contributed by atoms with E-state index in [0.717, 1.165) is 16.8 Å². The quantitative estimate of drug-likeness (QED) is 0.585. The van der Waals surface area contributed by atoms with Crippen molar-refractivity contribution in [1.82, 2.24) is 0 Å². The molecule has 1 aliphatic carbocycles. The molecule has 2 rings (SSSR count). The number of nitrogens with two attached hydrogens (primary N) is 1. The van der Waals surface area contributed by atoms with Crippen molar-refractivity contribution in [3.63, 3.8) is 0 Å². The third-order valence-corrected chi connectivity index (χ3v) is 2.41. The molecular formula is C10H12FN. The van der Waals surface area contributed by atoms with Crippen molar-refractivity contribution in [2.45, 2.75) is 25.4 Å². The largest absolute Gasteiger partial charge is 0.398 e. The smallest absolute Gasteiger partial charge is 0.116 e. The topological polar surface area (TPSA) is 26.0 Å². The van der Waals surface area contributed by atoms with Crippen LogP contribution in [0.1, 0.15) is 18.1 Å². The van der Waals surface area contributed by atoms with Crippen LogP contribution in [0.25, 0.3) is 0 Å². The van der Waals surface area contributed by atoms with Gasteiger partial charge in [0.25, 0.3) is 0 Å². The zero-order valence-electron chi connectivity index (χ0n) is 7.10. The Balaban J connectivity index is 2.48. The zero-order chi connectivity index (χ0) is 8.77. The van der Waals surface area contributed by atoms with Gasteiger partial charge in [-0.05, 0) is 24.1 Å². The van der Waals surface area contributed by atoms with Gasteiger partial charge in [-0.2, -0.15) is 0 Å². The van der Waals surface area contributed by atoms with Gasteiger partial charge in [0.05, 0.1) is 0 Å². The molecule has 0 amide bonds. The Morgan fingerprint density at radius 1 is 1.42 bits per heavy atom. The summed E-state index contributed by atoms with van der Waals surface area (Å²) in [6.07, 6.45) is 0.975. The van der Waals surface area contributed by atoms with Crippen LogP contribution < -0.4 is 5.73 Å². The van der Waals surface area contributed by atoms with Crippen molar-refractivity contribution in [3.8, 4) is 0 Å². The summed E-state index contributed by atoms with van der Waals surface area (Å²) >= 11 is 0. The van der Waals surface area contributed by atoms with E-state index in [0.29, 0.717) is 12.8 Å². The molecular weight excluding hydrogens is 153 g/mol. The van der Waals surface area contributed by atoms with Crippen molar-refractivity contribution in [2.24, 2.45) is 0 Å². The second-order valence-electron chi connectivity index (χ2n) is 3.75. The van der Waals surface area contributed by atoms with Gasteiger partial charge in [-0.15, -0.1) is 0 Å². The van der Waals surface area contributed by atoms with Crippen LogP contribution in [-0.2, 0) is 12.8 Å². The molecule has 2 heteroatoms. The standard InChI is InChI=1S/C10H12FN/c1-10(11)5-7-3-2-4-9(12)8(7)6-10/h2-4H,5-6,12H2,1H3. The molecule has 1 aromatic carbocycles. The number of rotatable bonds is 0. The molecule has 0 fully saturated rings. The minimum absolute atomic E-state index is 0.467. The highest BCUT2D eigenvalue weighted by molar-refractivity contribution is 5.54. The van der Waals surface area contributed by atoms with Gasteiger partial charge in [0, 0.05) is 18.5 Å². The van der Waals surface area contributed by atoms with Gasteiger partial charge in [-0.1, -0.05) is 12.1 Å². The first-order valence-electron chi connectivity index (χ1n) is 4.14. The van der Waals surface area contributed by atoms with Crippen molar-refractivity contribution in [2.75, 3.05) is 5.73 Å². The summed E-state index contributed by atoms with van der Waals surface area (Å²) in [6, 6.07) is 5.67. The molecule has 0 bridgehead atoms. The van der Waals surface area contributed by atoms with Crippen LogP contribution in [0.2, 0.25) is 0 Å². The Labute approximate surface area is 71.4 Å². The Morgan fingerprint density at radius 3 is 2.83 bits per heavy atom. The van der Waals surface area contributed by atoms with E-state index in [9.17, 15) is 4.39 Å². The first-order chi connectivity index (χ1) is 5.58. The predicted octanol–water partition coefficient (Wildman–Crippen LogP) is 2.10. The summed E-state index contributed by atoms with van der Waals surface area (Å²) in [4.78, 5) is 0. The zero-order valence-corrected chi connectivity index (χ0v) is 7.10. The van der Waals surface area contributed by atoms with Crippen LogP contribution in [0, 0.1) is 0 Å². The van der Waals surface area contributed by atoms with Gasteiger partial charge in [0.1, 0.15) is 5.67 Å². The number of nitrogen functional groups attached to an aromatic ring is 1. The molecule has 0 heterocycles. The summed E-state index contributed by atoms with van der Waals surface area (Å²) in [6.45, 7) is 1.63. The molecule has 0 radical (unpaired) electrons. The number of halogens is 1. The van der Waals surface area contributed by atoms with Gasteiger partial charge in [0.2, 0.25) is 0 Å². The summed E-state index contributed by atoms with van der Waals surface area (Å²) in [7, 11) is 0. The van der Waals surface area contributed by atoms with E-state index < -0.39 is 5.67 Å². The maximum Gasteiger partial charge on any atom is 0.116 e. The fourth-order valence-electron chi connectivity index (χ4n) is 1.86. The van der Waals surface area contributed by atoms with Crippen LogP contribution in [0.3, 0.4) is 0 Å². The SMILES string of the molecule is CC1(F)Cc2cccc(N)c2C1. The van der Waals surface area contributed by atoms with Gasteiger partial charge in [0.15, 0.2) is 0 Å². The fourth-order valence-corrected chi connectivity index (χ4v) is 1.86. The average molecular weight is 165 g/mol. The number of hydrogen-bond acceptors (Lipinski definition) is 1. The lowest BCUT2D eigenvalue weighted by Gasteiger charge is -2.09. The van der Waals surface area contributed by atoms with E-state index in [1.54, 1.807) is 6.92 Å². The lowest BCUT2D eigenvalue weighted by Crippen LogP contribution is -2.17. The van der Waals surface area contributed by atoms with E-state index in [-0.39, 0.29) is 0 Å². The van der Waals surface area contributed by atoms with E-state index in [2.05, 4.69) is 0 Å². The fraction of sp³-hybridized carbons (Fsp3) is 0.400. The summed E-state index contributed by atoms with van der Waals surface area (Å²) in [5, 5.41) is 0. The molecule has 0 aromatic heterocycles. The molecule has 64 valence electrons. The van der Waals surface area contributed by atoms with Crippen LogP contribution in [0.15, 0.2) is 18.2 Å². The first kappa shape index (κ1) is 7.59. The molecule has 1 unspecified atom stereocenters. The lowest BCUT2D eigenvalue weighted by molar-refractivity contribution is 0.205. The van der Waals surface area contributed by atoms with Crippen LogP contribution in [0.5, 0.6) is 0 Å². The van der Waals surface area contributed by atoms with E-state index in [1.807, 2.05) is 18.2 Å². The molecule has 0 aliphatic heterocycles. The Hall–Kier alpha value is -1.05. The Kier molecular flexibility index (Phi) is 1.40. The minimum atomic E-state index is -1.09. The van der Waals surface area contributed by atoms with Crippen LogP contribution >= 0.6 is 0 Å². The van der Waals surface area contributed by atoms with E-state index in [1.165, 1.54) is 0 Å². The highest BCUT2D eigenvalue weighted by Crippen LogP contribution is 2.35. The maximum absolute atomic E-state index is 13.5. The van der Waals surface area contributed by atoms with Gasteiger partial charge in [-0.3, -0.25) is 0 Å². The van der Waals surface area contributed by atoms with E-state index in [4.69, 9.17) is 5.73 Å². The molecule has 0 spiro atoms. The van der Waals surface area contributed by atoms with Crippen molar-refractivity contribution in [3.05, 3.63) is 29.3 Å². The normalized spacial score (nSPS) is 27.2. The average Bonchev–Trinajstić information content (AvgIpc) is 2.25. The third-order valence-electron chi connectivity index (χ3n) is 2.41. The number of hydrogen-bond donors (Lipinski definition) is 1. The second kappa shape index (κ2) is 2.22. The maximum atomic E-state index is 13.5. The molecule has 2 N–H and O–H groups in total. The molecule has 0 saturated carbocycles. The van der Waals surface area contributed by atoms with Gasteiger partial charge in [-0.25, -0.2) is 4.39 Å². The minimum Gasteiger partial charge on any atom is -0.398 e. The molecule has 0 saturated heterocycles. The van der Waals surface area contributed by atoms with Gasteiger partial charge < -0.3 is 5.73 Å². The highest BCUT2D eigenvalue weighted by Gasteiger charge is 2.33. The Bertz CT molecular complexity index is 318. The van der Waals surface area contributed by atoms with Crippen molar-refractivity contribution in [1.29, 1.82) is 0 Å². The summed E-state index contributed by atoms with van der Waals surface area (Å²) < 4.78 is 13.5. The number of alkyl halides is 1. The number of anilines is 1. The third kappa shape index (κ3) is 1.07. The number of fused-ring (bicyclic) bond motifs is 1. The van der Waals surface area contributed by atoms with Crippen molar-refractivity contribution >= 4 is 5.69 Å².